The maximum absolute atomic E-state index is 13.2. The van der Waals surface area contributed by atoms with E-state index in [0.717, 1.165) is 0 Å². The highest BCUT2D eigenvalue weighted by Gasteiger charge is 2.03. The van der Waals surface area contributed by atoms with Crippen LogP contribution in [0.3, 0.4) is 0 Å². The van der Waals surface area contributed by atoms with E-state index in [9.17, 15) is 4.39 Å². The van der Waals surface area contributed by atoms with Crippen molar-refractivity contribution in [2.75, 3.05) is 0 Å². The second-order valence-corrected chi connectivity index (χ2v) is 2.66. The van der Waals surface area contributed by atoms with E-state index in [2.05, 4.69) is 15.0 Å². The fraction of sp³-hybridized carbons (Fsp3) is 0. The van der Waals surface area contributed by atoms with E-state index in [0.29, 0.717) is 11.1 Å². The van der Waals surface area contributed by atoms with Gasteiger partial charge in [0.1, 0.15) is 11.3 Å². The van der Waals surface area contributed by atoms with Crippen molar-refractivity contribution in [3.05, 3.63) is 46.7 Å². The van der Waals surface area contributed by atoms with Crippen molar-refractivity contribution in [2.45, 2.75) is 0 Å². The summed E-state index contributed by atoms with van der Waals surface area (Å²) in [6.45, 7) is 0. The molecule has 0 aliphatic rings. The van der Waals surface area contributed by atoms with Gasteiger partial charge in [0.05, 0.1) is 0 Å². The highest BCUT2D eigenvalue weighted by molar-refractivity contribution is 5.89. The van der Waals surface area contributed by atoms with E-state index >= 15 is 0 Å². The van der Waals surface area contributed by atoms with Gasteiger partial charge in [-0.15, -0.1) is 0 Å². The summed E-state index contributed by atoms with van der Waals surface area (Å²) in [5, 5.41) is 3.97. The van der Waals surface area contributed by atoms with E-state index in [-0.39, 0.29) is 5.52 Å². The molecule has 0 radical (unpaired) electrons. The molecule has 0 spiro atoms. The van der Waals surface area contributed by atoms with Gasteiger partial charge in [0.15, 0.2) is 0 Å². The largest absolute Gasteiger partial charge is 0.253 e. The molecule has 0 N–H and O–H groups in total. The van der Waals surface area contributed by atoms with Gasteiger partial charge in [0, 0.05) is 22.2 Å². The van der Waals surface area contributed by atoms with Crippen molar-refractivity contribution >= 4 is 16.6 Å². The van der Waals surface area contributed by atoms with Crippen molar-refractivity contribution < 1.29 is 4.39 Å². The third kappa shape index (κ3) is 1.26. The second kappa shape index (κ2) is 3.32. The van der Waals surface area contributed by atoms with E-state index in [1.165, 1.54) is 12.3 Å². The normalized spacial score (nSPS) is 9.79. The Hall–Kier alpha value is -2.13. The van der Waals surface area contributed by atoms with E-state index in [4.69, 9.17) is 5.53 Å². The van der Waals surface area contributed by atoms with Crippen molar-refractivity contribution in [1.82, 2.24) is 4.98 Å². The number of hydrogen-bond acceptors (Lipinski definition) is 2. The Morgan fingerprint density at radius 1 is 1.36 bits per heavy atom. The molecule has 0 saturated carbocycles. The van der Waals surface area contributed by atoms with Gasteiger partial charge in [0.2, 0.25) is 0 Å². The quantitative estimate of drug-likeness (QED) is 0.384. The summed E-state index contributed by atoms with van der Waals surface area (Å²) >= 11 is 0. The molecule has 0 aliphatic carbocycles. The lowest BCUT2D eigenvalue weighted by molar-refractivity contribution is 0.637. The molecule has 0 atom stereocenters. The Morgan fingerprint density at radius 3 is 3.00 bits per heavy atom. The number of halogens is 1. The van der Waals surface area contributed by atoms with Crippen molar-refractivity contribution in [1.29, 1.82) is 0 Å². The summed E-state index contributed by atoms with van der Waals surface area (Å²) in [4.78, 5) is 6.53. The minimum atomic E-state index is -0.419. The van der Waals surface area contributed by atoms with Gasteiger partial charge < -0.3 is 0 Å². The number of fused-ring (bicyclic) bond motifs is 1. The van der Waals surface area contributed by atoms with E-state index in [1.54, 1.807) is 18.2 Å². The Kier molecular flexibility index (Phi) is 2.01. The highest BCUT2D eigenvalue weighted by atomic mass is 19.1. The molecule has 2 rings (SSSR count). The van der Waals surface area contributed by atoms with Crippen LogP contribution in [-0.4, -0.2) is 4.98 Å². The van der Waals surface area contributed by atoms with Crippen LogP contribution in [0.25, 0.3) is 21.3 Å². The van der Waals surface area contributed by atoms with Crippen LogP contribution in [0.4, 0.5) is 10.1 Å². The first-order chi connectivity index (χ1) is 6.83. The number of benzene rings is 1. The monoisotopic (exact) mass is 188 g/mol. The molecule has 0 unspecified atom stereocenters. The van der Waals surface area contributed by atoms with Crippen LogP contribution in [0.5, 0.6) is 0 Å². The molecule has 0 bridgehead atoms. The minimum Gasteiger partial charge on any atom is -0.253 e. The molecule has 0 amide bonds. The van der Waals surface area contributed by atoms with Crippen LogP contribution in [-0.2, 0) is 0 Å². The van der Waals surface area contributed by atoms with Crippen LogP contribution < -0.4 is 0 Å². The molecule has 5 heteroatoms. The molecule has 0 saturated heterocycles. The van der Waals surface area contributed by atoms with Crippen molar-refractivity contribution in [3.63, 3.8) is 0 Å². The molecular formula is C9H5FN4. The van der Waals surface area contributed by atoms with Crippen molar-refractivity contribution in [3.8, 4) is 0 Å². The lowest BCUT2D eigenvalue weighted by Gasteiger charge is -1.99. The molecule has 68 valence electrons. The number of aromatic nitrogens is 1. The van der Waals surface area contributed by atoms with Gasteiger partial charge in [0.25, 0.3) is 0 Å². The van der Waals surface area contributed by atoms with Crippen LogP contribution >= 0.6 is 0 Å². The maximum atomic E-state index is 13.2. The Labute approximate surface area is 78.6 Å². The Bertz CT molecular complexity index is 531. The Morgan fingerprint density at radius 2 is 2.21 bits per heavy atom. The Balaban J connectivity index is 2.87. The van der Waals surface area contributed by atoms with Crippen LogP contribution in [0.1, 0.15) is 0 Å². The van der Waals surface area contributed by atoms with Gasteiger partial charge in [-0.2, -0.15) is 0 Å². The van der Waals surface area contributed by atoms with E-state index < -0.39 is 5.82 Å². The highest BCUT2D eigenvalue weighted by Crippen LogP contribution is 2.25. The van der Waals surface area contributed by atoms with Gasteiger partial charge in [-0.25, -0.2) is 4.39 Å². The standard InChI is InChI=1S/C9H5FN4/c10-7-3-1-2-6-8(13-14-11)4-5-12-9(6)7/h1-5H. The predicted molar refractivity (Wildman–Crippen MR) is 50.5 cm³/mol. The van der Waals surface area contributed by atoms with Gasteiger partial charge >= 0.3 is 0 Å². The summed E-state index contributed by atoms with van der Waals surface area (Å²) < 4.78 is 13.2. The molecule has 1 aromatic heterocycles. The fourth-order valence-electron chi connectivity index (χ4n) is 1.26. The zero-order valence-corrected chi connectivity index (χ0v) is 7.05. The van der Waals surface area contributed by atoms with Gasteiger partial charge in [-0.1, -0.05) is 17.2 Å². The zero-order chi connectivity index (χ0) is 9.97. The fourth-order valence-corrected chi connectivity index (χ4v) is 1.26. The zero-order valence-electron chi connectivity index (χ0n) is 7.05. The second-order valence-electron chi connectivity index (χ2n) is 2.66. The summed E-state index contributed by atoms with van der Waals surface area (Å²) in [5.41, 5.74) is 8.90. The number of rotatable bonds is 1. The first kappa shape index (κ1) is 8.47. The van der Waals surface area contributed by atoms with E-state index in [1.807, 2.05) is 0 Å². The van der Waals surface area contributed by atoms with Gasteiger partial charge in [-0.3, -0.25) is 4.98 Å². The molecule has 14 heavy (non-hydrogen) atoms. The topological polar surface area (TPSA) is 61.7 Å². The molecule has 4 nitrogen and oxygen atoms in total. The minimum absolute atomic E-state index is 0.220. The molecular weight excluding hydrogens is 183 g/mol. The SMILES string of the molecule is [N-]=[N+]=Nc1ccnc2c(F)cccc12. The average Bonchev–Trinajstić information content (AvgIpc) is 2.20. The molecule has 0 fully saturated rings. The first-order valence-electron chi connectivity index (χ1n) is 3.91. The lowest BCUT2D eigenvalue weighted by Crippen LogP contribution is -1.82. The average molecular weight is 188 g/mol. The summed E-state index contributed by atoms with van der Waals surface area (Å²) in [6, 6.07) is 6.07. The lowest BCUT2D eigenvalue weighted by atomic mass is 10.2. The smallest absolute Gasteiger partial charge is 0.149 e. The van der Waals surface area contributed by atoms with Gasteiger partial charge in [-0.05, 0) is 17.7 Å². The van der Waals surface area contributed by atoms with Crippen LogP contribution in [0.15, 0.2) is 35.6 Å². The first-order valence-corrected chi connectivity index (χ1v) is 3.91. The van der Waals surface area contributed by atoms with Crippen LogP contribution in [0.2, 0.25) is 0 Å². The molecule has 1 heterocycles. The summed E-state index contributed by atoms with van der Waals surface area (Å²) in [5.74, 6) is -0.419. The molecule has 2 aromatic rings. The summed E-state index contributed by atoms with van der Waals surface area (Å²) in [7, 11) is 0. The number of pyridine rings is 1. The third-order valence-electron chi connectivity index (χ3n) is 1.85. The van der Waals surface area contributed by atoms with Crippen LogP contribution in [0, 0.1) is 5.82 Å². The number of hydrogen-bond donors (Lipinski definition) is 0. The predicted octanol–water partition coefficient (Wildman–Crippen LogP) is 3.32. The number of nitrogens with zero attached hydrogens (tertiary/aromatic N) is 4. The number of azide groups is 1. The number of para-hydroxylation sites is 1. The van der Waals surface area contributed by atoms with Crippen molar-refractivity contribution in [2.24, 2.45) is 5.11 Å². The summed E-state index contributed by atoms with van der Waals surface area (Å²) in [6.07, 6.45) is 1.41. The maximum Gasteiger partial charge on any atom is 0.149 e. The molecule has 1 aromatic carbocycles. The molecule has 0 aliphatic heterocycles. The third-order valence-corrected chi connectivity index (χ3v) is 1.85.